The van der Waals surface area contributed by atoms with Crippen LogP contribution in [0.1, 0.15) is 13.3 Å². The van der Waals surface area contributed by atoms with Crippen LogP contribution in [0.3, 0.4) is 0 Å². The smallest absolute Gasteiger partial charge is 0.249 e. The molecule has 1 atom stereocenters. The summed E-state index contributed by atoms with van der Waals surface area (Å²) in [6.07, 6.45) is 0.302. The number of hydrogen-bond acceptors (Lipinski definition) is 2. The molecule has 1 aromatic rings. The van der Waals surface area contributed by atoms with E-state index in [0.29, 0.717) is 18.0 Å². The molecule has 2 rings (SSSR count). The van der Waals surface area contributed by atoms with Crippen LogP contribution in [0.25, 0.3) is 0 Å². The van der Waals surface area contributed by atoms with Gasteiger partial charge in [-0.15, -0.1) is 0 Å². The Morgan fingerprint density at radius 3 is 2.83 bits per heavy atom. The van der Waals surface area contributed by atoms with E-state index in [1.807, 2.05) is 0 Å². The van der Waals surface area contributed by atoms with Crippen molar-refractivity contribution < 1.29 is 9.59 Å². The number of nitrogens with zero attached hydrogens (tertiary/aromatic N) is 1. The largest absolute Gasteiger partial charge is 0.345 e. The van der Waals surface area contributed by atoms with Crippen molar-refractivity contribution in [2.24, 2.45) is 0 Å². The third-order valence-corrected chi connectivity index (χ3v) is 4.01. The summed E-state index contributed by atoms with van der Waals surface area (Å²) >= 11 is 9.25. The average molecular weight is 332 g/mol. The van der Waals surface area contributed by atoms with E-state index in [4.69, 9.17) is 11.6 Å². The van der Waals surface area contributed by atoms with Gasteiger partial charge in [0.15, 0.2) is 0 Å². The van der Waals surface area contributed by atoms with Gasteiger partial charge in [-0.25, -0.2) is 0 Å². The van der Waals surface area contributed by atoms with Gasteiger partial charge in [0.2, 0.25) is 11.8 Å². The fourth-order valence-electron chi connectivity index (χ4n) is 1.84. The Morgan fingerprint density at radius 1 is 1.44 bits per heavy atom. The second-order valence-corrected chi connectivity index (χ2v) is 5.39. The fourth-order valence-corrected chi connectivity index (χ4v) is 2.33. The van der Waals surface area contributed by atoms with Crippen LogP contribution >= 0.6 is 27.5 Å². The number of carbonyl (C=O) groups is 2. The molecule has 1 unspecified atom stereocenters. The number of benzene rings is 1. The molecule has 1 aliphatic rings. The third-order valence-electron chi connectivity index (χ3n) is 2.79. The summed E-state index contributed by atoms with van der Waals surface area (Å²) in [6, 6.07) is 4.77. The van der Waals surface area contributed by atoms with E-state index in [9.17, 15) is 9.59 Å². The first-order chi connectivity index (χ1) is 8.49. The summed E-state index contributed by atoms with van der Waals surface area (Å²) in [5.41, 5.74) is 0.736. The number of carbonyl (C=O) groups excluding carboxylic acids is 2. The zero-order chi connectivity index (χ0) is 13.3. The van der Waals surface area contributed by atoms with Crippen molar-refractivity contribution in [3.8, 4) is 0 Å². The summed E-state index contributed by atoms with van der Waals surface area (Å²) < 4.78 is 0.727. The van der Waals surface area contributed by atoms with Gasteiger partial charge in [0.05, 0.1) is 5.02 Å². The van der Waals surface area contributed by atoms with Gasteiger partial charge in [-0.2, -0.15) is 0 Å². The highest BCUT2D eigenvalue weighted by molar-refractivity contribution is 9.10. The van der Waals surface area contributed by atoms with Gasteiger partial charge in [0.25, 0.3) is 0 Å². The van der Waals surface area contributed by atoms with Crippen molar-refractivity contribution in [2.45, 2.75) is 19.4 Å². The van der Waals surface area contributed by atoms with Crippen molar-refractivity contribution in [1.82, 2.24) is 5.32 Å². The number of amides is 2. The maximum Gasteiger partial charge on any atom is 0.249 e. The highest BCUT2D eigenvalue weighted by Gasteiger charge is 2.27. The van der Waals surface area contributed by atoms with Gasteiger partial charge >= 0.3 is 0 Å². The topological polar surface area (TPSA) is 49.4 Å². The molecule has 1 heterocycles. The van der Waals surface area contributed by atoms with E-state index in [-0.39, 0.29) is 11.8 Å². The number of rotatable bonds is 1. The van der Waals surface area contributed by atoms with Gasteiger partial charge in [-0.05, 0) is 41.1 Å². The standard InChI is InChI=1S/C12H12BrClN2O2/c1-7-12(18)16(5-4-11(17)15-7)8-2-3-10(14)9(13)6-8/h2-3,6-7H,4-5H2,1H3,(H,15,17). The van der Waals surface area contributed by atoms with E-state index < -0.39 is 6.04 Å². The van der Waals surface area contributed by atoms with E-state index in [0.717, 1.165) is 10.2 Å². The van der Waals surface area contributed by atoms with Gasteiger partial charge < -0.3 is 10.2 Å². The maximum atomic E-state index is 12.2. The van der Waals surface area contributed by atoms with Gasteiger partial charge in [0.1, 0.15) is 6.04 Å². The van der Waals surface area contributed by atoms with Crippen LogP contribution in [0.15, 0.2) is 22.7 Å². The Bertz CT molecular complexity index is 507. The minimum atomic E-state index is -0.505. The lowest BCUT2D eigenvalue weighted by Gasteiger charge is -2.22. The second-order valence-electron chi connectivity index (χ2n) is 4.13. The molecule has 0 aliphatic carbocycles. The molecule has 96 valence electrons. The van der Waals surface area contributed by atoms with Crippen LogP contribution in [0, 0.1) is 0 Å². The fraction of sp³-hybridized carbons (Fsp3) is 0.333. The number of nitrogens with one attached hydrogen (secondary N) is 1. The average Bonchev–Trinajstić information content (AvgIpc) is 2.44. The molecule has 0 saturated carbocycles. The highest BCUT2D eigenvalue weighted by Crippen LogP contribution is 2.28. The Morgan fingerprint density at radius 2 is 2.17 bits per heavy atom. The second kappa shape index (κ2) is 5.28. The van der Waals surface area contributed by atoms with Gasteiger partial charge in [0, 0.05) is 23.1 Å². The summed E-state index contributed by atoms with van der Waals surface area (Å²) in [6.45, 7) is 2.06. The van der Waals surface area contributed by atoms with E-state index in [1.165, 1.54) is 0 Å². The first kappa shape index (κ1) is 13.4. The molecule has 1 aliphatic heterocycles. The quantitative estimate of drug-likeness (QED) is 0.859. The predicted molar refractivity (Wildman–Crippen MR) is 73.7 cm³/mol. The first-order valence-corrected chi connectivity index (χ1v) is 6.72. The van der Waals surface area contributed by atoms with Crippen molar-refractivity contribution >= 4 is 45.0 Å². The molecule has 0 radical (unpaired) electrons. The Balaban J connectivity index is 2.33. The first-order valence-electron chi connectivity index (χ1n) is 5.55. The highest BCUT2D eigenvalue weighted by atomic mass is 79.9. The molecule has 4 nitrogen and oxygen atoms in total. The summed E-state index contributed by atoms with van der Waals surface area (Å²) in [7, 11) is 0. The van der Waals surface area contributed by atoms with Crippen LogP contribution in [0.5, 0.6) is 0 Å². The Kier molecular flexibility index (Phi) is 3.92. The Labute approximate surface area is 118 Å². The van der Waals surface area contributed by atoms with E-state index in [2.05, 4.69) is 21.2 Å². The zero-order valence-corrected chi connectivity index (χ0v) is 12.1. The predicted octanol–water partition coefficient (Wildman–Crippen LogP) is 2.34. The molecule has 1 aromatic carbocycles. The SMILES string of the molecule is CC1NC(=O)CCN(c2ccc(Cl)c(Br)c2)C1=O. The number of anilines is 1. The molecule has 0 aromatic heterocycles. The Hall–Kier alpha value is -1.07. The normalized spacial score (nSPS) is 20.6. The lowest BCUT2D eigenvalue weighted by molar-refractivity contribution is -0.125. The molecule has 1 fully saturated rings. The van der Waals surface area contributed by atoms with Crippen molar-refractivity contribution in [3.05, 3.63) is 27.7 Å². The molecular formula is C12H12BrClN2O2. The number of hydrogen-bond donors (Lipinski definition) is 1. The van der Waals surface area contributed by atoms with Crippen LogP contribution in [0.4, 0.5) is 5.69 Å². The molecule has 0 bridgehead atoms. The van der Waals surface area contributed by atoms with Gasteiger partial charge in [-0.1, -0.05) is 11.6 Å². The zero-order valence-electron chi connectivity index (χ0n) is 9.74. The van der Waals surface area contributed by atoms with Crippen LogP contribution < -0.4 is 10.2 Å². The minimum absolute atomic E-state index is 0.105. The summed E-state index contributed by atoms with van der Waals surface area (Å²) in [5, 5.41) is 3.24. The molecule has 2 amide bonds. The lowest BCUT2D eigenvalue weighted by atomic mass is 10.2. The van der Waals surface area contributed by atoms with E-state index >= 15 is 0 Å². The molecule has 1 N–H and O–H groups in total. The van der Waals surface area contributed by atoms with Crippen LogP contribution in [-0.4, -0.2) is 24.4 Å². The molecule has 6 heteroatoms. The van der Waals surface area contributed by atoms with Crippen molar-refractivity contribution in [2.75, 3.05) is 11.4 Å². The monoisotopic (exact) mass is 330 g/mol. The van der Waals surface area contributed by atoms with Crippen LogP contribution in [0.2, 0.25) is 5.02 Å². The molecular weight excluding hydrogens is 320 g/mol. The molecule has 1 saturated heterocycles. The third kappa shape index (κ3) is 2.67. The summed E-state index contributed by atoms with van der Waals surface area (Å²) in [4.78, 5) is 25.2. The number of halogens is 2. The molecule has 18 heavy (non-hydrogen) atoms. The van der Waals surface area contributed by atoms with Crippen molar-refractivity contribution in [3.63, 3.8) is 0 Å². The van der Waals surface area contributed by atoms with E-state index in [1.54, 1.807) is 30.0 Å². The van der Waals surface area contributed by atoms with Crippen molar-refractivity contribution in [1.29, 1.82) is 0 Å². The minimum Gasteiger partial charge on any atom is -0.345 e. The van der Waals surface area contributed by atoms with Crippen LogP contribution in [-0.2, 0) is 9.59 Å². The maximum absolute atomic E-state index is 12.2. The molecule has 0 spiro atoms. The lowest BCUT2D eigenvalue weighted by Crippen LogP contribution is -2.42. The van der Waals surface area contributed by atoms with Gasteiger partial charge in [-0.3, -0.25) is 9.59 Å². The summed E-state index contributed by atoms with van der Waals surface area (Å²) in [5.74, 6) is -0.221.